The average molecular weight is 635 g/mol. The van der Waals surface area contributed by atoms with Crippen LogP contribution in [0.2, 0.25) is 5.02 Å². The molecule has 4 aromatic rings. The fraction of sp³-hybridized carbons (Fsp3) is 0.276. The Labute approximate surface area is 253 Å². The third kappa shape index (κ3) is 7.63. The van der Waals surface area contributed by atoms with Crippen molar-refractivity contribution in [2.75, 3.05) is 12.4 Å². The molecule has 1 heterocycles. The number of nitrogens with zero attached hydrogens (tertiary/aromatic N) is 1. The van der Waals surface area contributed by atoms with Gasteiger partial charge in [-0.05, 0) is 59.7 Å². The Morgan fingerprint density at radius 3 is 2.28 bits per heavy atom. The Kier molecular flexibility index (Phi) is 9.39. The lowest BCUT2D eigenvalue weighted by Gasteiger charge is -2.20. The van der Waals surface area contributed by atoms with Gasteiger partial charge in [-0.3, -0.25) is 9.18 Å². The van der Waals surface area contributed by atoms with E-state index < -0.39 is 45.6 Å². The molecule has 0 aliphatic heterocycles. The number of fused-ring (bicyclic) bond motifs is 1. The molecular weight excluding hydrogens is 605 g/mol. The first-order chi connectivity index (χ1) is 20.0. The molecule has 0 spiro atoms. The molecule has 226 valence electrons. The summed E-state index contributed by atoms with van der Waals surface area (Å²) in [4.78, 5) is 13.3. The zero-order chi connectivity index (χ0) is 31.7. The van der Waals surface area contributed by atoms with Crippen LogP contribution in [0.25, 0.3) is 10.9 Å². The lowest BCUT2D eigenvalue weighted by atomic mass is 9.67. The van der Waals surface area contributed by atoms with Crippen molar-refractivity contribution in [3.05, 3.63) is 99.7 Å². The molecule has 0 bridgehead atoms. The molecular formula is C29H29B2ClF4N2O4S. The van der Waals surface area contributed by atoms with Crippen molar-refractivity contribution < 1.29 is 35.9 Å². The molecule has 14 heteroatoms. The predicted molar refractivity (Wildman–Crippen MR) is 164 cm³/mol. The second-order valence-corrected chi connectivity index (χ2v) is 13.6. The maximum Gasteiger partial charge on any atom is 0.416 e. The summed E-state index contributed by atoms with van der Waals surface area (Å²) in [5.74, 6) is -0.604. The number of carbonyl (C=O) groups excluding carboxylic acids is 1. The van der Waals surface area contributed by atoms with Crippen molar-refractivity contribution in [2.45, 2.75) is 42.5 Å². The maximum absolute atomic E-state index is 14.8. The number of halogens is 5. The third-order valence-electron chi connectivity index (χ3n) is 7.04. The number of aliphatic hydroxyl groups is 1. The fourth-order valence-electron chi connectivity index (χ4n) is 4.89. The average Bonchev–Trinajstić information content (AvgIpc) is 3.26. The molecule has 0 radical (unpaired) electrons. The van der Waals surface area contributed by atoms with Crippen LogP contribution < -0.4 is 5.32 Å². The second-order valence-electron chi connectivity index (χ2n) is 10.9. The van der Waals surface area contributed by atoms with Gasteiger partial charge in [-0.2, -0.15) is 13.2 Å². The van der Waals surface area contributed by atoms with Crippen LogP contribution in [0.15, 0.2) is 71.6 Å². The van der Waals surface area contributed by atoms with Crippen molar-refractivity contribution in [3.63, 3.8) is 0 Å². The lowest BCUT2D eigenvalue weighted by molar-refractivity contribution is -0.138. The van der Waals surface area contributed by atoms with Gasteiger partial charge in [0.25, 0.3) is 5.91 Å². The second kappa shape index (κ2) is 12.4. The maximum atomic E-state index is 14.8. The summed E-state index contributed by atoms with van der Waals surface area (Å²) in [6.45, 7) is 0.940. The largest absolute Gasteiger partial charge is 0.416 e. The van der Waals surface area contributed by atoms with Gasteiger partial charge in [0.2, 0.25) is 0 Å². The molecule has 0 saturated carbocycles. The van der Waals surface area contributed by atoms with Crippen molar-refractivity contribution in [3.8, 4) is 0 Å². The standard InChI is InChI=1S/C29H29B2ClF4N2O4S/c1-2-43(41,42)23-8-4-17(5-9-23)25(15-39)37-27(40)19-6-10-26-20(11-19)13-22(38(26)16-28(30,31)33)12-18-3-7-21(32)14-24(18)29(34,35)36/h3-11,13-14,25,39H,2,12,15-16,30-31H2,1H3,(H,37,40)/t25-/m0/s1. The Balaban J connectivity index is 1.67. The van der Waals surface area contributed by atoms with Gasteiger partial charge in [0.05, 0.1) is 34.3 Å². The summed E-state index contributed by atoms with van der Waals surface area (Å²) >= 11 is 5.84. The topological polar surface area (TPSA) is 88.4 Å². The van der Waals surface area contributed by atoms with Gasteiger partial charge < -0.3 is 15.0 Å². The smallest absolute Gasteiger partial charge is 0.394 e. The first-order valence-corrected chi connectivity index (χ1v) is 15.5. The number of sulfone groups is 1. The first kappa shape index (κ1) is 32.6. The van der Waals surface area contributed by atoms with Gasteiger partial charge in [-0.15, -0.1) is 0 Å². The van der Waals surface area contributed by atoms with Crippen LogP contribution in [0.1, 0.15) is 45.7 Å². The number of benzene rings is 3. The third-order valence-corrected chi connectivity index (χ3v) is 9.03. The number of aromatic nitrogens is 1. The van der Waals surface area contributed by atoms with Crippen molar-refractivity contribution in [1.29, 1.82) is 0 Å². The Morgan fingerprint density at radius 2 is 1.70 bits per heavy atom. The number of aliphatic hydroxyl groups excluding tert-OH is 1. The van der Waals surface area contributed by atoms with E-state index in [0.29, 0.717) is 22.2 Å². The van der Waals surface area contributed by atoms with E-state index in [2.05, 4.69) is 5.32 Å². The van der Waals surface area contributed by atoms with Gasteiger partial charge in [0.1, 0.15) is 15.7 Å². The molecule has 3 aromatic carbocycles. The van der Waals surface area contributed by atoms with Crippen LogP contribution >= 0.6 is 11.6 Å². The molecule has 0 unspecified atom stereocenters. The van der Waals surface area contributed by atoms with Crippen LogP contribution in [0.5, 0.6) is 0 Å². The van der Waals surface area contributed by atoms with E-state index in [9.17, 15) is 35.9 Å². The van der Waals surface area contributed by atoms with Gasteiger partial charge >= 0.3 is 6.18 Å². The molecule has 43 heavy (non-hydrogen) atoms. The number of hydrogen-bond acceptors (Lipinski definition) is 4. The summed E-state index contributed by atoms with van der Waals surface area (Å²) < 4.78 is 82.0. The Morgan fingerprint density at radius 1 is 1.02 bits per heavy atom. The zero-order valence-corrected chi connectivity index (χ0v) is 25.2. The Bertz CT molecular complexity index is 1760. The summed E-state index contributed by atoms with van der Waals surface area (Å²) in [6, 6.07) is 14.8. The summed E-state index contributed by atoms with van der Waals surface area (Å²) in [5.41, 5.74) is -0.946. The molecule has 2 N–H and O–H groups in total. The van der Waals surface area contributed by atoms with E-state index in [1.54, 1.807) is 22.8 Å². The highest BCUT2D eigenvalue weighted by atomic mass is 35.5. The summed E-state index contributed by atoms with van der Waals surface area (Å²) in [7, 11) is -0.680. The van der Waals surface area contributed by atoms with Gasteiger partial charge in [0.15, 0.2) is 9.84 Å². The van der Waals surface area contributed by atoms with E-state index in [1.807, 2.05) is 0 Å². The number of hydrogen-bond donors (Lipinski definition) is 2. The van der Waals surface area contributed by atoms with Gasteiger partial charge in [0, 0.05) is 40.1 Å². The monoisotopic (exact) mass is 634 g/mol. The van der Waals surface area contributed by atoms with E-state index in [1.165, 1.54) is 65.1 Å². The van der Waals surface area contributed by atoms with Gasteiger partial charge in [-0.1, -0.05) is 36.7 Å². The van der Waals surface area contributed by atoms with Crippen LogP contribution in [0.4, 0.5) is 17.6 Å². The molecule has 0 aliphatic rings. The molecule has 1 amide bonds. The highest BCUT2D eigenvalue weighted by molar-refractivity contribution is 7.91. The van der Waals surface area contributed by atoms with E-state index in [-0.39, 0.29) is 39.8 Å². The SMILES string of the molecule is BC(B)(F)Cn1c(Cc2ccc(Cl)cc2C(F)(F)F)cc2cc(C(=O)N[C@@H](CO)c3ccc(S(=O)(=O)CC)cc3)ccc21. The minimum absolute atomic E-state index is 0.0286. The van der Waals surface area contributed by atoms with Crippen LogP contribution in [0.3, 0.4) is 0 Å². The number of rotatable bonds is 10. The number of alkyl halides is 4. The number of carbonyl (C=O) groups is 1. The molecule has 1 atom stereocenters. The lowest BCUT2D eigenvalue weighted by Crippen LogP contribution is -2.31. The number of nitrogens with one attached hydrogen (secondary N) is 1. The summed E-state index contributed by atoms with van der Waals surface area (Å²) in [6.07, 6.45) is -4.80. The van der Waals surface area contributed by atoms with Crippen molar-refractivity contribution in [2.24, 2.45) is 0 Å². The Hall–Kier alpha value is -3.28. The normalized spacial score (nSPS) is 13.3. The molecule has 4 rings (SSSR count). The minimum atomic E-state index is -4.64. The first-order valence-electron chi connectivity index (χ1n) is 13.4. The van der Waals surface area contributed by atoms with E-state index in [0.717, 1.165) is 6.07 Å². The van der Waals surface area contributed by atoms with Gasteiger partial charge in [-0.25, -0.2) is 8.42 Å². The predicted octanol–water partition coefficient (Wildman–Crippen LogP) is 4.05. The van der Waals surface area contributed by atoms with Crippen LogP contribution in [-0.2, 0) is 29.0 Å². The molecule has 0 fully saturated rings. The molecule has 0 aliphatic carbocycles. The van der Waals surface area contributed by atoms with Crippen molar-refractivity contribution in [1.82, 2.24) is 9.88 Å². The quantitative estimate of drug-likeness (QED) is 0.204. The minimum Gasteiger partial charge on any atom is -0.394 e. The molecule has 1 aromatic heterocycles. The highest BCUT2D eigenvalue weighted by Gasteiger charge is 2.34. The molecule has 0 saturated heterocycles. The van der Waals surface area contributed by atoms with Crippen LogP contribution in [0, 0.1) is 0 Å². The summed E-state index contributed by atoms with van der Waals surface area (Å²) in [5, 5.41) is 13.1. The fourth-order valence-corrected chi connectivity index (χ4v) is 5.95. The number of amides is 1. The highest BCUT2D eigenvalue weighted by Crippen LogP contribution is 2.36. The molecule has 6 nitrogen and oxygen atoms in total. The van der Waals surface area contributed by atoms with E-state index >= 15 is 0 Å². The van der Waals surface area contributed by atoms with Crippen molar-refractivity contribution >= 4 is 53.9 Å². The zero-order valence-electron chi connectivity index (χ0n) is 23.7. The van der Waals surface area contributed by atoms with E-state index in [4.69, 9.17) is 11.6 Å². The van der Waals surface area contributed by atoms with Crippen LogP contribution in [-0.4, -0.2) is 57.5 Å².